The molecule has 27 heavy (non-hydrogen) atoms. The van der Waals surface area contributed by atoms with E-state index in [-0.39, 0.29) is 6.42 Å². The van der Waals surface area contributed by atoms with Gasteiger partial charge in [-0.25, -0.2) is 4.79 Å². The fraction of sp³-hybridized carbons (Fsp3) is 0.300. The summed E-state index contributed by atoms with van der Waals surface area (Å²) in [5.74, 6) is -0.500. The Kier molecular flexibility index (Phi) is 8.43. The van der Waals surface area contributed by atoms with Crippen molar-refractivity contribution in [2.45, 2.75) is 12.5 Å². The lowest BCUT2D eigenvalue weighted by molar-refractivity contribution is -0.139. The molecule has 0 heterocycles. The van der Waals surface area contributed by atoms with Crippen molar-refractivity contribution in [3.63, 3.8) is 0 Å². The Morgan fingerprint density at radius 2 is 1.56 bits per heavy atom. The number of nitrogens with one attached hydrogen (secondary N) is 1. The number of hydrogen-bond acceptors (Lipinski definition) is 3. The maximum absolute atomic E-state index is 12.2. The van der Waals surface area contributed by atoms with Crippen LogP contribution in [0.5, 0.6) is 0 Å². The van der Waals surface area contributed by atoms with Gasteiger partial charge in [-0.05, 0) is 29.8 Å². The largest absolute Gasteiger partial charge is 0.480 e. The van der Waals surface area contributed by atoms with Gasteiger partial charge in [-0.15, -0.1) is 23.2 Å². The fourth-order valence-electron chi connectivity index (χ4n) is 2.68. The van der Waals surface area contributed by atoms with Crippen molar-refractivity contribution in [1.29, 1.82) is 0 Å². The van der Waals surface area contributed by atoms with Crippen LogP contribution in [0.2, 0.25) is 0 Å². The highest BCUT2D eigenvalue weighted by atomic mass is 35.5. The number of carboxylic acid groups (broad SMARTS) is 1. The van der Waals surface area contributed by atoms with Gasteiger partial charge in [0.2, 0.25) is 0 Å². The number of rotatable bonds is 10. The van der Waals surface area contributed by atoms with Gasteiger partial charge in [-0.2, -0.15) is 0 Å². The first kappa shape index (κ1) is 21.1. The summed E-state index contributed by atoms with van der Waals surface area (Å²) in [6, 6.07) is 15.1. The number of halogens is 2. The van der Waals surface area contributed by atoms with E-state index in [0.29, 0.717) is 30.4 Å². The van der Waals surface area contributed by atoms with E-state index in [1.807, 2.05) is 24.3 Å². The van der Waals surface area contributed by atoms with Gasteiger partial charge in [0.05, 0.1) is 0 Å². The summed E-state index contributed by atoms with van der Waals surface area (Å²) in [6.07, 6.45) is 0.194. The average molecular weight is 409 g/mol. The van der Waals surface area contributed by atoms with Crippen molar-refractivity contribution >= 4 is 40.8 Å². The summed E-state index contributed by atoms with van der Waals surface area (Å²) >= 11 is 11.7. The Hall–Kier alpha value is -2.24. The SMILES string of the molecule is O=C(N[C@H](Cc1ccc(N(CCCl)CCCl)cc1)C(=O)O)c1ccccc1. The van der Waals surface area contributed by atoms with Crippen molar-refractivity contribution in [3.05, 3.63) is 65.7 Å². The van der Waals surface area contributed by atoms with Crippen LogP contribution in [0.4, 0.5) is 5.69 Å². The Labute approximate surface area is 168 Å². The zero-order valence-electron chi connectivity index (χ0n) is 14.8. The van der Waals surface area contributed by atoms with E-state index in [2.05, 4.69) is 10.2 Å². The van der Waals surface area contributed by atoms with Crippen LogP contribution in [0.1, 0.15) is 15.9 Å². The highest BCUT2D eigenvalue weighted by molar-refractivity contribution is 6.18. The number of anilines is 1. The number of nitrogens with zero attached hydrogens (tertiary/aromatic N) is 1. The third-order valence-corrected chi connectivity index (χ3v) is 4.43. The van der Waals surface area contributed by atoms with E-state index in [0.717, 1.165) is 11.3 Å². The summed E-state index contributed by atoms with van der Waals surface area (Å²) in [6.45, 7) is 1.36. The third kappa shape index (κ3) is 6.45. The fourth-order valence-corrected chi connectivity index (χ4v) is 3.09. The lowest BCUT2D eigenvalue weighted by Gasteiger charge is -2.23. The number of hydrogen-bond donors (Lipinski definition) is 2. The van der Waals surface area contributed by atoms with Gasteiger partial charge >= 0.3 is 5.97 Å². The predicted octanol–water partition coefficient (Wildman–Crippen LogP) is 3.40. The van der Waals surface area contributed by atoms with Crippen LogP contribution >= 0.6 is 23.2 Å². The minimum atomic E-state index is -1.07. The third-order valence-electron chi connectivity index (χ3n) is 4.09. The van der Waals surface area contributed by atoms with Gasteiger partial charge in [0.15, 0.2) is 0 Å². The van der Waals surface area contributed by atoms with Crippen molar-refractivity contribution < 1.29 is 14.7 Å². The summed E-state index contributed by atoms with van der Waals surface area (Å²) in [5.41, 5.74) is 2.22. The second kappa shape index (κ2) is 10.8. The van der Waals surface area contributed by atoms with Crippen LogP contribution in [-0.2, 0) is 11.2 Å². The van der Waals surface area contributed by atoms with Crippen molar-refractivity contribution in [2.75, 3.05) is 29.7 Å². The highest BCUT2D eigenvalue weighted by Crippen LogP contribution is 2.17. The predicted molar refractivity (Wildman–Crippen MR) is 109 cm³/mol. The van der Waals surface area contributed by atoms with Crippen LogP contribution in [0.15, 0.2) is 54.6 Å². The van der Waals surface area contributed by atoms with E-state index < -0.39 is 17.9 Å². The first-order chi connectivity index (χ1) is 13.0. The lowest BCUT2D eigenvalue weighted by Crippen LogP contribution is -2.42. The molecule has 0 bridgehead atoms. The monoisotopic (exact) mass is 408 g/mol. The molecule has 2 rings (SSSR count). The topological polar surface area (TPSA) is 69.6 Å². The summed E-state index contributed by atoms with van der Waals surface area (Å²) < 4.78 is 0. The first-order valence-corrected chi connectivity index (χ1v) is 9.66. The van der Waals surface area contributed by atoms with Gasteiger partial charge in [0.1, 0.15) is 6.04 Å². The number of alkyl halides is 2. The molecule has 0 aliphatic heterocycles. The molecule has 1 atom stereocenters. The smallest absolute Gasteiger partial charge is 0.326 e. The zero-order valence-corrected chi connectivity index (χ0v) is 16.3. The number of carboxylic acids is 1. The quantitative estimate of drug-likeness (QED) is 0.591. The second-order valence-electron chi connectivity index (χ2n) is 5.97. The molecule has 2 aromatic carbocycles. The molecule has 2 aromatic rings. The van der Waals surface area contributed by atoms with E-state index in [4.69, 9.17) is 23.2 Å². The number of benzene rings is 2. The Balaban J connectivity index is 2.05. The van der Waals surface area contributed by atoms with Gasteiger partial charge in [0, 0.05) is 42.5 Å². The maximum Gasteiger partial charge on any atom is 0.326 e. The molecule has 0 saturated carbocycles. The maximum atomic E-state index is 12.2. The molecule has 0 radical (unpaired) electrons. The van der Waals surface area contributed by atoms with Crippen LogP contribution in [0, 0.1) is 0 Å². The molecule has 0 spiro atoms. The number of amides is 1. The molecule has 2 N–H and O–H groups in total. The second-order valence-corrected chi connectivity index (χ2v) is 6.72. The minimum Gasteiger partial charge on any atom is -0.480 e. The molecule has 0 aliphatic rings. The molecule has 1 amide bonds. The average Bonchev–Trinajstić information content (AvgIpc) is 2.68. The van der Waals surface area contributed by atoms with Crippen LogP contribution < -0.4 is 10.2 Å². The van der Waals surface area contributed by atoms with Crippen molar-refractivity contribution in [3.8, 4) is 0 Å². The molecule has 0 saturated heterocycles. The lowest BCUT2D eigenvalue weighted by atomic mass is 10.0. The molecule has 5 nitrogen and oxygen atoms in total. The number of carbonyl (C=O) groups is 2. The van der Waals surface area contributed by atoms with E-state index in [1.165, 1.54) is 0 Å². The Morgan fingerprint density at radius 3 is 2.07 bits per heavy atom. The summed E-state index contributed by atoms with van der Waals surface area (Å²) in [5, 5.41) is 12.0. The Morgan fingerprint density at radius 1 is 0.963 bits per heavy atom. The van der Waals surface area contributed by atoms with Crippen molar-refractivity contribution in [1.82, 2.24) is 5.32 Å². The zero-order chi connectivity index (χ0) is 19.6. The highest BCUT2D eigenvalue weighted by Gasteiger charge is 2.21. The summed E-state index contributed by atoms with van der Waals surface area (Å²) in [7, 11) is 0. The molecular weight excluding hydrogens is 387 g/mol. The minimum absolute atomic E-state index is 0.194. The molecular formula is C20H22Cl2N2O3. The molecule has 0 aromatic heterocycles. The van der Waals surface area contributed by atoms with E-state index in [9.17, 15) is 14.7 Å². The molecule has 0 unspecified atom stereocenters. The van der Waals surface area contributed by atoms with Crippen LogP contribution in [0.3, 0.4) is 0 Å². The Bertz CT molecular complexity index is 733. The van der Waals surface area contributed by atoms with Gasteiger partial charge in [0.25, 0.3) is 5.91 Å². The molecule has 0 fully saturated rings. The number of carbonyl (C=O) groups excluding carboxylic acids is 1. The van der Waals surface area contributed by atoms with Gasteiger partial charge in [-0.1, -0.05) is 30.3 Å². The van der Waals surface area contributed by atoms with Gasteiger partial charge in [-0.3, -0.25) is 4.79 Å². The van der Waals surface area contributed by atoms with Gasteiger partial charge < -0.3 is 15.3 Å². The van der Waals surface area contributed by atoms with E-state index in [1.54, 1.807) is 30.3 Å². The molecule has 7 heteroatoms. The normalized spacial score (nSPS) is 11.6. The standard InChI is InChI=1S/C20H22Cl2N2O3/c21-10-12-24(13-11-22)17-8-6-15(7-9-17)14-18(20(26)27)23-19(25)16-4-2-1-3-5-16/h1-9,18H,10-14H2,(H,23,25)(H,26,27)/t18-/m1/s1. The number of aliphatic carboxylic acids is 1. The van der Waals surface area contributed by atoms with Crippen molar-refractivity contribution in [2.24, 2.45) is 0 Å². The summed E-state index contributed by atoms with van der Waals surface area (Å²) in [4.78, 5) is 25.9. The van der Waals surface area contributed by atoms with Crippen LogP contribution in [-0.4, -0.2) is 47.9 Å². The molecule has 0 aliphatic carbocycles. The molecule has 144 valence electrons. The van der Waals surface area contributed by atoms with Crippen LogP contribution in [0.25, 0.3) is 0 Å². The first-order valence-electron chi connectivity index (χ1n) is 8.59. The van der Waals surface area contributed by atoms with E-state index >= 15 is 0 Å².